The lowest BCUT2D eigenvalue weighted by molar-refractivity contribution is -0.123. The molecule has 1 N–H and O–H groups in total. The molecule has 0 saturated carbocycles. The number of amides is 1. The van der Waals surface area contributed by atoms with E-state index in [2.05, 4.69) is 22.4 Å². The van der Waals surface area contributed by atoms with Crippen LogP contribution in [0.15, 0.2) is 0 Å². The monoisotopic (exact) mass is 255 g/mol. The quantitative estimate of drug-likeness (QED) is 0.822. The summed E-state index contributed by atoms with van der Waals surface area (Å²) in [6, 6.07) is 0. The van der Waals surface area contributed by atoms with Crippen LogP contribution in [0.2, 0.25) is 0 Å². The van der Waals surface area contributed by atoms with Gasteiger partial charge in [-0.25, -0.2) is 0 Å². The van der Waals surface area contributed by atoms with Crippen molar-refractivity contribution in [2.45, 2.75) is 53.4 Å². The van der Waals surface area contributed by atoms with Crippen molar-refractivity contribution in [1.29, 1.82) is 0 Å². The summed E-state index contributed by atoms with van der Waals surface area (Å²) in [5.41, 5.74) is -0.395. The van der Waals surface area contributed by atoms with Crippen molar-refractivity contribution >= 4 is 22.4 Å². The number of aromatic nitrogens is 2. The van der Waals surface area contributed by atoms with Gasteiger partial charge < -0.3 is 5.32 Å². The lowest BCUT2D eigenvalue weighted by atomic mass is 9.96. The Hall–Kier alpha value is -0.970. The molecule has 0 spiro atoms. The van der Waals surface area contributed by atoms with E-state index >= 15 is 0 Å². The van der Waals surface area contributed by atoms with Crippen molar-refractivity contribution in [3.8, 4) is 0 Å². The molecule has 0 aliphatic heterocycles. The summed E-state index contributed by atoms with van der Waals surface area (Å²) in [5.74, 6) is -0.0197. The van der Waals surface area contributed by atoms with E-state index in [4.69, 9.17) is 0 Å². The van der Waals surface area contributed by atoms with Crippen molar-refractivity contribution in [2.75, 3.05) is 5.32 Å². The second-order valence-electron chi connectivity index (χ2n) is 5.16. The Morgan fingerprint density at radius 1 is 1.29 bits per heavy atom. The second-order valence-corrected chi connectivity index (χ2v) is 6.22. The molecule has 1 rings (SSSR count). The maximum Gasteiger partial charge on any atom is 0.231 e. The molecule has 0 fully saturated rings. The number of rotatable bonds is 5. The van der Waals surface area contributed by atoms with Gasteiger partial charge in [0, 0.05) is 11.8 Å². The van der Waals surface area contributed by atoms with E-state index in [0.717, 1.165) is 17.8 Å². The van der Waals surface area contributed by atoms with E-state index in [1.807, 2.05) is 20.8 Å². The van der Waals surface area contributed by atoms with Crippen LogP contribution < -0.4 is 5.32 Å². The van der Waals surface area contributed by atoms with Crippen LogP contribution in [0.1, 0.15) is 52.0 Å². The second kappa shape index (κ2) is 6.10. The van der Waals surface area contributed by atoms with Crippen LogP contribution in [0.4, 0.5) is 5.13 Å². The third-order valence-corrected chi connectivity index (χ3v) is 3.26. The Morgan fingerprint density at radius 3 is 2.59 bits per heavy atom. The molecule has 0 unspecified atom stereocenters. The topological polar surface area (TPSA) is 54.9 Å². The molecule has 0 aliphatic rings. The first-order valence-electron chi connectivity index (χ1n) is 6.07. The van der Waals surface area contributed by atoms with Gasteiger partial charge >= 0.3 is 0 Å². The number of unbranched alkanes of at least 4 members (excludes halogenated alkanes) is 2. The Labute approximate surface area is 107 Å². The van der Waals surface area contributed by atoms with Gasteiger partial charge in [0.05, 0.1) is 0 Å². The Bertz CT molecular complexity index is 368. The van der Waals surface area contributed by atoms with Gasteiger partial charge in [-0.3, -0.25) is 4.79 Å². The molecule has 1 heterocycles. The average molecular weight is 255 g/mol. The molecule has 5 heteroatoms. The van der Waals surface area contributed by atoms with Crippen LogP contribution >= 0.6 is 11.3 Å². The van der Waals surface area contributed by atoms with E-state index in [-0.39, 0.29) is 5.91 Å². The fraction of sp³-hybridized carbons (Fsp3) is 0.750. The number of nitrogens with one attached hydrogen (secondary N) is 1. The number of hydrogen-bond donors (Lipinski definition) is 1. The molecule has 4 nitrogen and oxygen atoms in total. The van der Waals surface area contributed by atoms with Crippen molar-refractivity contribution in [2.24, 2.45) is 5.41 Å². The van der Waals surface area contributed by atoms with Gasteiger partial charge in [0.15, 0.2) is 0 Å². The largest absolute Gasteiger partial charge is 0.300 e. The third kappa shape index (κ3) is 4.81. The minimum Gasteiger partial charge on any atom is -0.300 e. The molecule has 0 bridgehead atoms. The zero-order valence-corrected chi connectivity index (χ0v) is 11.9. The standard InChI is InChI=1S/C12H21N3OS/c1-5-6-7-8-9-14-15-11(17-9)13-10(16)12(2,3)4/h5-8H2,1-4H3,(H,13,15,16). The lowest BCUT2D eigenvalue weighted by Crippen LogP contribution is -2.27. The first-order valence-corrected chi connectivity index (χ1v) is 6.89. The summed E-state index contributed by atoms with van der Waals surface area (Å²) in [7, 11) is 0. The average Bonchev–Trinajstić information content (AvgIpc) is 2.65. The van der Waals surface area contributed by atoms with Crippen LogP contribution in [-0.4, -0.2) is 16.1 Å². The molecule has 1 amide bonds. The minimum absolute atomic E-state index is 0.0197. The molecule has 0 saturated heterocycles. The van der Waals surface area contributed by atoms with Gasteiger partial charge in [-0.05, 0) is 6.42 Å². The van der Waals surface area contributed by atoms with Crippen LogP contribution in [0.3, 0.4) is 0 Å². The maximum absolute atomic E-state index is 11.7. The molecular weight excluding hydrogens is 234 g/mol. The molecule has 96 valence electrons. The smallest absolute Gasteiger partial charge is 0.231 e. The van der Waals surface area contributed by atoms with Crippen LogP contribution in [0.5, 0.6) is 0 Å². The summed E-state index contributed by atoms with van der Waals surface area (Å²) in [5, 5.41) is 12.5. The highest BCUT2D eigenvalue weighted by Crippen LogP contribution is 2.21. The molecule has 0 atom stereocenters. The summed E-state index contributed by atoms with van der Waals surface area (Å²) in [6.45, 7) is 7.82. The molecule has 1 aromatic heterocycles. The highest BCUT2D eigenvalue weighted by molar-refractivity contribution is 7.15. The molecular formula is C12H21N3OS. The Balaban J connectivity index is 2.48. The normalized spacial score (nSPS) is 11.5. The van der Waals surface area contributed by atoms with Crippen molar-refractivity contribution in [3.63, 3.8) is 0 Å². The number of nitrogens with zero attached hydrogens (tertiary/aromatic N) is 2. The van der Waals surface area contributed by atoms with Gasteiger partial charge in [-0.2, -0.15) is 0 Å². The fourth-order valence-corrected chi connectivity index (χ4v) is 1.99. The van der Waals surface area contributed by atoms with Gasteiger partial charge in [-0.15, -0.1) is 10.2 Å². The summed E-state index contributed by atoms with van der Waals surface area (Å²) < 4.78 is 0. The fourth-order valence-electron chi connectivity index (χ4n) is 1.22. The minimum atomic E-state index is -0.395. The summed E-state index contributed by atoms with van der Waals surface area (Å²) in [4.78, 5) is 11.7. The van der Waals surface area contributed by atoms with Gasteiger partial charge in [0.1, 0.15) is 5.01 Å². The first-order chi connectivity index (χ1) is 7.93. The van der Waals surface area contributed by atoms with Crippen LogP contribution in [0, 0.1) is 5.41 Å². The number of anilines is 1. The van der Waals surface area contributed by atoms with Crippen molar-refractivity contribution in [3.05, 3.63) is 5.01 Å². The number of aryl methyl sites for hydroxylation is 1. The molecule has 0 aromatic carbocycles. The summed E-state index contributed by atoms with van der Waals surface area (Å²) >= 11 is 1.47. The van der Waals surface area contributed by atoms with E-state index in [1.54, 1.807) is 0 Å². The van der Waals surface area contributed by atoms with E-state index in [0.29, 0.717) is 5.13 Å². The van der Waals surface area contributed by atoms with E-state index < -0.39 is 5.41 Å². The maximum atomic E-state index is 11.7. The van der Waals surface area contributed by atoms with E-state index in [1.165, 1.54) is 24.2 Å². The highest BCUT2D eigenvalue weighted by Gasteiger charge is 2.22. The molecule has 1 aromatic rings. The zero-order valence-electron chi connectivity index (χ0n) is 11.0. The zero-order chi connectivity index (χ0) is 12.9. The van der Waals surface area contributed by atoms with Gasteiger partial charge in [-0.1, -0.05) is 51.9 Å². The van der Waals surface area contributed by atoms with Gasteiger partial charge in [0.2, 0.25) is 11.0 Å². The van der Waals surface area contributed by atoms with Crippen molar-refractivity contribution in [1.82, 2.24) is 10.2 Å². The van der Waals surface area contributed by atoms with Gasteiger partial charge in [0.25, 0.3) is 0 Å². The first kappa shape index (κ1) is 14.1. The van der Waals surface area contributed by atoms with Crippen molar-refractivity contribution < 1.29 is 4.79 Å². The molecule has 0 aliphatic carbocycles. The lowest BCUT2D eigenvalue weighted by Gasteiger charge is -2.15. The predicted molar refractivity (Wildman–Crippen MR) is 71.2 cm³/mol. The highest BCUT2D eigenvalue weighted by atomic mass is 32.1. The third-order valence-electron chi connectivity index (χ3n) is 2.36. The SMILES string of the molecule is CCCCCc1nnc(NC(=O)C(C)(C)C)s1. The molecule has 0 radical (unpaired) electrons. The number of carbonyl (C=O) groups is 1. The van der Waals surface area contributed by atoms with Crippen LogP contribution in [0.25, 0.3) is 0 Å². The summed E-state index contributed by atoms with van der Waals surface area (Å²) in [6.07, 6.45) is 4.50. The van der Waals surface area contributed by atoms with E-state index in [9.17, 15) is 4.79 Å². The number of carbonyl (C=O) groups excluding carboxylic acids is 1. The van der Waals surface area contributed by atoms with Crippen LogP contribution in [-0.2, 0) is 11.2 Å². The Kier molecular flexibility index (Phi) is 5.05. The predicted octanol–water partition coefficient (Wildman–Crippen LogP) is 3.26. The Morgan fingerprint density at radius 2 is 2.00 bits per heavy atom. The number of hydrogen-bond acceptors (Lipinski definition) is 4. The molecule has 17 heavy (non-hydrogen) atoms.